The average molecular weight is 512 g/mol. The van der Waals surface area contributed by atoms with Gasteiger partial charge in [0.1, 0.15) is 30.0 Å². The molecule has 2 aromatic carbocycles. The number of carboxylic acid groups (broad SMARTS) is 1. The van der Waals surface area contributed by atoms with E-state index < -0.39 is 11.8 Å². The van der Waals surface area contributed by atoms with E-state index in [1.54, 1.807) is 24.3 Å². The van der Waals surface area contributed by atoms with Gasteiger partial charge < -0.3 is 23.8 Å². The smallest absolute Gasteiger partial charge is 0.303 e. The minimum Gasteiger partial charge on any atom is -0.497 e. The molecule has 0 bridgehead atoms. The van der Waals surface area contributed by atoms with Crippen LogP contribution < -0.4 is 14.2 Å². The Kier molecular flexibility index (Phi) is 7.48. The minimum atomic E-state index is -0.855. The van der Waals surface area contributed by atoms with Crippen LogP contribution in [-0.2, 0) is 17.8 Å². The van der Waals surface area contributed by atoms with Crippen molar-refractivity contribution in [1.82, 2.24) is 5.16 Å². The standard InChI is InChI=1S/C29H34FNO6/c1-28(2)15-21(16-29(28,3)4)36-27-24(17-35-20-8-6-7-18(13-20)9-12-25(32)33)31-37-26(27)22-14-19(34-5)10-11-23(22)30/h6-8,10-11,13-14,21H,9,12,15-17H2,1-5H3,(H,32,33). The second-order valence-electron chi connectivity index (χ2n) is 10.9. The fourth-order valence-electron chi connectivity index (χ4n) is 4.71. The van der Waals surface area contributed by atoms with Crippen LogP contribution in [0.15, 0.2) is 47.0 Å². The third-order valence-corrected chi connectivity index (χ3v) is 7.63. The summed E-state index contributed by atoms with van der Waals surface area (Å²) >= 11 is 0. The molecular weight excluding hydrogens is 477 g/mol. The fourth-order valence-corrected chi connectivity index (χ4v) is 4.71. The first-order valence-corrected chi connectivity index (χ1v) is 12.4. The van der Waals surface area contributed by atoms with E-state index in [1.807, 2.05) is 12.1 Å². The van der Waals surface area contributed by atoms with Gasteiger partial charge in [0, 0.05) is 6.42 Å². The molecular formula is C29H34FNO6. The minimum absolute atomic E-state index is 0.0340. The average Bonchev–Trinajstić information content (AvgIpc) is 3.32. The van der Waals surface area contributed by atoms with Crippen molar-refractivity contribution in [2.45, 2.75) is 66.1 Å². The number of hydrogen-bond acceptors (Lipinski definition) is 6. The monoisotopic (exact) mass is 511 g/mol. The van der Waals surface area contributed by atoms with Crippen LogP contribution in [0.5, 0.6) is 17.2 Å². The normalized spacial score (nSPS) is 16.5. The zero-order valence-corrected chi connectivity index (χ0v) is 22.0. The Hall–Kier alpha value is -3.55. The summed E-state index contributed by atoms with van der Waals surface area (Å²) in [6.07, 6.45) is 2.00. The molecule has 0 atom stereocenters. The maximum atomic E-state index is 14.9. The lowest BCUT2D eigenvalue weighted by Crippen LogP contribution is -2.25. The molecule has 0 saturated heterocycles. The molecule has 8 heteroatoms. The van der Waals surface area contributed by atoms with Gasteiger partial charge in [-0.15, -0.1) is 0 Å². The Balaban J connectivity index is 1.63. The molecule has 1 aliphatic carbocycles. The third-order valence-electron chi connectivity index (χ3n) is 7.63. The van der Waals surface area contributed by atoms with Crippen molar-refractivity contribution >= 4 is 5.97 Å². The summed E-state index contributed by atoms with van der Waals surface area (Å²) in [6.45, 7) is 8.95. The summed E-state index contributed by atoms with van der Waals surface area (Å²) in [5.74, 6) is 0.256. The summed E-state index contributed by atoms with van der Waals surface area (Å²) in [7, 11) is 1.52. The van der Waals surface area contributed by atoms with Crippen LogP contribution in [0.3, 0.4) is 0 Å². The summed E-state index contributed by atoms with van der Waals surface area (Å²) in [5, 5.41) is 13.1. The first-order valence-electron chi connectivity index (χ1n) is 12.4. The molecule has 1 saturated carbocycles. The lowest BCUT2D eigenvalue weighted by atomic mass is 9.71. The number of benzene rings is 2. The van der Waals surface area contributed by atoms with Crippen LogP contribution in [0.1, 0.15) is 58.2 Å². The molecule has 1 aromatic heterocycles. The van der Waals surface area contributed by atoms with Crippen LogP contribution in [-0.4, -0.2) is 29.4 Å². The SMILES string of the molecule is COc1ccc(F)c(-c2onc(COc3cccc(CCC(=O)O)c3)c2OC2CC(C)(C)C(C)(C)C2)c1. The highest BCUT2D eigenvalue weighted by Gasteiger charge is 2.48. The Morgan fingerprint density at radius 1 is 1.11 bits per heavy atom. The molecule has 1 fully saturated rings. The summed E-state index contributed by atoms with van der Waals surface area (Å²) < 4.78 is 38.3. The molecule has 0 spiro atoms. The lowest BCUT2D eigenvalue weighted by molar-refractivity contribution is -0.136. The van der Waals surface area contributed by atoms with E-state index >= 15 is 0 Å². The highest BCUT2D eigenvalue weighted by molar-refractivity contribution is 5.68. The Labute approximate surface area is 216 Å². The largest absolute Gasteiger partial charge is 0.497 e. The van der Waals surface area contributed by atoms with E-state index in [1.165, 1.54) is 13.2 Å². The summed E-state index contributed by atoms with van der Waals surface area (Å²) in [4.78, 5) is 10.9. The van der Waals surface area contributed by atoms with Crippen molar-refractivity contribution in [2.75, 3.05) is 7.11 Å². The van der Waals surface area contributed by atoms with Crippen molar-refractivity contribution in [3.05, 3.63) is 59.5 Å². The number of hydrogen-bond donors (Lipinski definition) is 1. The quantitative estimate of drug-likeness (QED) is 0.325. The number of ether oxygens (including phenoxy) is 3. The van der Waals surface area contributed by atoms with Gasteiger partial charge in [0.15, 0.2) is 11.4 Å². The van der Waals surface area contributed by atoms with Crippen molar-refractivity contribution in [2.24, 2.45) is 10.8 Å². The zero-order chi connectivity index (χ0) is 26.8. The molecule has 37 heavy (non-hydrogen) atoms. The van der Waals surface area contributed by atoms with Gasteiger partial charge in [-0.2, -0.15) is 0 Å². The summed E-state index contributed by atoms with van der Waals surface area (Å²) in [5.41, 5.74) is 1.58. The van der Waals surface area contributed by atoms with Crippen LogP contribution in [0.2, 0.25) is 0 Å². The van der Waals surface area contributed by atoms with E-state index in [0.717, 1.165) is 18.4 Å². The van der Waals surface area contributed by atoms with E-state index in [4.69, 9.17) is 23.8 Å². The molecule has 0 unspecified atom stereocenters. The Morgan fingerprint density at radius 3 is 2.51 bits per heavy atom. The van der Waals surface area contributed by atoms with Crippen molar-refractivity contribution in [3.8, 4) is 28.6 Å². The number of aromatic nitrogens is 1. The Bertz CT molecular complexity index is 1250. The van der Waals surface area contributed by atoms with Crippen LogP contribution in [0, 0.1) is 16.6 Å². The van der Waals surface area contributed by atoms with E-state index in [0.29, 0.717) is 29.4 Å². The van der Waals surface area contributed by atoms with Crippen LogP contribution >= 0.6 is 0 Å². The maximum absolute atomic E-state index is 14.9. The van der Waals surface area contributed by atoms with Gasteiger partial charge in [-0.1, -0.05) is 45.0 Å². The molecule has 0 aliphatic heterocycles. The second-order valence-corrected chi connectivity index (χ2v) is 10.9. The number of methoxy groups -OCH3 is 1. The predicted octanol–water partition coefficient (Wildman–Crippen LogP) is 6.68. The number of rotatable bonds is 10. The number of halogens is 1. The maximum Gasteiger partial charge on any atom is 0.303 e. The van der Waals surface area contributed by atoms with E-state index in [2.05, 4.69) is 32.9 Å². The van der Waals surface area contributed by atoms with Gasteiger partial charge in [-0.3, -0.25) is 4.79 Å². The molecule has 4 rings (SSSR count). The first kappa shape index (κ1) is 26.5. The zero-order valence-electron chi connectivity index (χ0n) is 22.0. The van der Waals surface area contributed by atoms with Gasteiger partial charge in [0.05, 0.1) is 12.7 Å². The first-order chi connectivity index (χ1) is 17.5. The van der Waals surface area contributed by atoms with Crippen molar-refractivity contribution in [3.63, 3.8) is 0 Å². The van der Waals surface area contributed by atoms with Gasteiger partial charge in [-0.05, 0) is 66.0 Å². The molecule has 3 aromatic rings. The molecule has 1 N–H and O–H groups in total. The van der Waals surface area contributed by atoms with Gasteiger partial charge in [0.25, 0.3) is 0 Å². The molecule has 1 aliphatic rings. The topological polar surface area (TPSA) is 91.0 Å². The molecule has 0 radical (unpaired) electrons. The number of aliphatic carboxylic acids is 1. The molecule has 1 heterocycles. The van der Waals surface area contributed by atoms with Crippen molar-refractivity contribution in [1.29, 1.82) is 0 Å². The van der Waals surface area contributed by atoms with Crippen LogP contribution in [0.25, 0.3) is 11.3 Å². The van der Waals surface area contributed by atoms with E-state index in [-0.39, 0.29) is 41.3 Å². The Morgan fingerprint density at radius 2 is 1.84 bits per heavy atom. The lowest BCUT2D eigenvalue weighted by Gasteiger charge is -2.33. The molecule has 0 amide bonds. The number of aryl methyl sites for hydroxylation is 1. The van der Waals surface area contributed by atoms with Gasteiger partial charge >= 0.3 is 5.97 Å². The highest BCUT2D eigenvalue weighted by Crippen LogP contribution is 2.53. The van der Waals surface area contributed by atoms with Gasteiger partial charge in [-0.25, -0.2) is 4.39 Å². The van der Waals surface area contributed by atoms with Crippen LogP contribution in [0.4, 0.5) is 4.39 Å². The number of carbonyl (C=O) groups is 1. The number of carboxylic acids is 1. The number of nitrogens with zero attached hydrogens (tertiary/aromatic N) is 1. The second kappa shape index (κ2) is 10.4. The highest BCUT2D eigenvalue weighted by atomic mass is 19.1. The summed E-state index contributed by atoms with van der Waals surface area (Å²) in [6, 6.07) is 11.7. The van der Waals surface area contributed by atoms with Crippen molar-refractivity contribution < 1.29 is 33.0 Å². The van der Waals surface area contributed by atoms with Gasteiger partial charge in [0.2, 0.25) is 5.76 Å². The molecule has 198 valence electrons. The fraction of sp³-hybridized carbons (Fsp3) is 0.448. The van der Waals surface area contributed by atoms with E-state index in [9.17, 15) is 9.18 Å². The third kappa shape index (κ3) is 5.89. The molecule has 7 nitrogen and oxygen atoms in total. The predicted molar refractivity (Wildman–Crippen MR) is 136 cm³/mol.